The van der Waals surface area contributed by atoms with E-state index in [0.717, 1.165) is 19.0 Å². The number of nitrogens with one attached hydrogen (secondary N) is 1. The molecule has 0 atom stereocenters. The minimum absolute atomic E-state index is 0.688. The first-order valence-corrected chi connectivity index (χ1v) is 8.51. The number of hydrogen-bond acceptors (Lipinski definition) is 4. The summed E-state index contributed by atoms with van der Waals surface area (Å²) >= 11 is 1.92. The van der Waals surface area contributed by atoms with Crippen molar-refractivity contribution in [2.75, 3.05) is 18.0 Å². The highest BCUT2D eigenvalue weighted by Gasteiger charge is 2.23. The van der Waals surface area contributed by atoms with E-state index in [4.69, 9.17) is 4.98 Å². The summed E-state index contributed by atoms with van der Waals surface area (Å²) in [5.74, 6) is 0.688. The van der Waals surface area contributed by atoms with Crippen molar-refractivity contribution >= 4 is 16.5 Å². The molecule has 1 aromatic rings. The third-order valence-electron chi connectivity index (χ3n) is 3.87. The zero-order valence-electron chi connectivity index (χ0n) is 12.1. The fourth-order valence-electron chi connectivity index (χ4n) is 2.62. The second-order valence-electron chi connectivity index (χ2n) is 6.31. The van der Waals surface area contributed by atoms with E-state index < -0.39 is 0 Å². The van der Waals surface area contributed by atoms with Gasteiger partial charge in [0.2, 0.25) is 0 Å². The average Bonchev–Trinajstić information content (AvgIpc) is 2.89. The van der Waals surface area contributed by atoms with Crippen LogP contribution in [0.2, 0.25) is 0 Å². The molecule has 3 nitrogen and oxygen atoms in total. The minimum Gasteiger partial charge on any atom is -0.348 e. The minimum atomic E-state index is 0.688. The number of rotatable bonds is 6. The van der Waals surface area contributed by atoms with E-state index in [0.29, 0.717) is 5.92 Å². The van der Waals surface area contributed by atoms with Crippen molar-refractivity contribution in [2.45, 2.75) is 58.5 Å². The van der Waals surface area contributed by atoms with Gasteiger partial charge in [-0.25, -0.2) is 4.98 Å². The van der Waals surface area contributed by atoms with Gasteiger partial charge in [0.25, 0.3) is 0 Å². The molecule has 0 amide bonds. The molecule has 4 heteroatoms. The molecule has 0 unspecified atom stereocenters. The fourth-order valence-corrected chi connectivity index (χ4v) is 3.71. The summed E-state index contributed by atoms with van der Waals surface area (Å²) in [4.78, 5) is 8.88. The topological polar surface area (TPSA) is 28.2 Å². The average molecular weight is 279 g/mol. The van der Waals surface area contributed by atoms with Crippen LogP contribution < -0.4 is 10.2 Å². The lowest BCUT2D eigenvalue weighted by Gasteiger charge is -2.12. The maximum absolute atomic E-state index is 4.94. The maximum Gasteiger partial charge on any atom is 0.185 e. The molecule has 2 aliphatic rings. The van der Waals surface area contributed by atoms with Crippen molar-refractivity contribution in [2.24, 2.45) is 5.92 Å². The largest absolute Gasteiger partial charge is 0.348 e. The second-order valence-corrected chi connectivity index (χ2v) is 7.38. The number of hydrogen-bond donors (Lipinski definition) is 1. The van der Waals surface area contributed by atoms with E-state index in [-0.39, 0.29) is 0 Å². The van der Waals surface area contributed by atoms with Gasteiger partial charge in [-0.1, -0.05) is 13.8 Å². The van der Waals surface area contributed by atoms with Crippen LogP contribution in [-0.4, -0.2) is 24.1 Å². The zero-order chi connectivity index (χ0) is 13.2. The molecular formula is C15H25N3S. The molecule has 1 N–H and O–H groups in total. The molecule has 1 saturated heterocycles. The van der Waals surface area contributed by atoms with E-state index in [1.165, 1.54) is 54.5 Å². The molecule has 2 fully saturated rings. The van der Waals surface area contributed by atoms with Gasteiger partial charge in [0.05, 0.1) is 5.69 Å². The van der Waals surface area contributed by atoms with Crippen molar-refractivity contribution in [3.63, 3.8) is 0 Å². The Bertz CT molecular complexity index is 417. The lowest BCUT2D eigenvalue weighted by molar-refractivity contribution is 0.623. The normalized spacial score (nSPS) is 19.6. The lowest BCUT2D eigenvalue weighted by atomic mass is 10.1. The fraction of sp³-hybridized carbons (Fsp3) is 0.800. The predicted molar refractivity (Wildman–Crippen MR) is 82.0 cm³/mol. The molecule has 1 saturated carbocycles. The maximum atomic E-state index is 4.94. The van der Waals surface area contributed by atoms with E-state index in [9.17, 15) is 0 Å². The lowest BCUT2D eigenvalue weighted by Crippen LogP contribution is -2.17. The summed E-state index contributed by atoms with van der Waals surface area (Å²) in [7, 11) is 0. The predicted octanol–water partition coefficient (Wildman–Crippen LogP) is 3.19. The van der Waals surface area contributed by atoms with Gasteiger partial charge in [-0.3, -0.25) is 0 Å². The van der Waals surface area contributed by atoms with Gasteiger partial charge < -0.3 is 10.2 Å². The van der Waals surface area contributed by atoms with Gasteiger partial charge in [0.1, 0.15) is 0 Å². The Hall–Kier alpha value is -0.610. The zero-order valence-corrected chi connectivity index (χ0v) is 12.9. The highest BCUT2D eigenvalue weighted by atomic mass is 32.1. The summed E-state index contributed by atoms with van der Waals surface area (Å²) in [6, 6.07) is 0.782. The van der Waals surface area contributed by atoms with Gasteiger partial charge in [-0.05, 0) is 38.0 Å². The standard InChI is InChI=1S/C15H25N3S/c1-11(2)9-13-14(10-16-12-5-6-12)19-15(17-13)18-7-3-4-8-18/h11-12,16H,3-10H2,1-2H3. The second kappa shape index (κ2) is 5.80. The Labute approximate surface area is 120 Å². The Kier molecular flexibility index (Phi) is 4.08. The van der Waals surface area contributed by atoms with E-state index in [1.807, 2.05) is 11.3 Å². The number of nitrogens with zero attached hydrogens (tertiary/aromatic N) is 2. The quantitative estimate of drug-likeness (QED) is 0.867. The van der Waals surface area contributed by atoms with Crippen LogP contribution in [0.1, 0.15) is 50.1 Å². The molecule has 106 valence electrons. The Morgan fingerprint density at radius 1 is 1.32 bits per heavy atom. The number of anilines is 1. The van der Waals surface area contributed by atoms with Crippen molar-refractivity contribution in [3.8, 4) is 0 Å². The van der Waals surface area contributed by atoms with Gasteiger partial charge in [-0.2, -0.15) is 0 Å². The van der Waals surface area contributed by atoms with Gasteiger partial charge in [-0.15, -0.1) is 11.3 Å². The van der Waals surface area contributed by atoms with Crippen LogP contribution in [0.25, 0.3) is 0 Å². The number of thiazole rings is 1. The van der Waals surface area contributed by atoms with E-state index in [1.54, 1.807) is 0 Å². The van der Waals surface area contributed by atoms with Gasteiger partial charge >= 0.3 is 0 Å². The highest BCUT2D eigenvalue weighted by molar-refractivity contribution is 7.15. The summed E-state index contributed by atoms with van der Waals surface area (Å²) in [5, 5.41) is 4.91. The van der Waals surface area contributed by atoms with Crippen LogP contribution >= 0.6 is 11.3 Å². The van der Waals surface area contributed by atoms with E-state index >= 15 is 0 Å². The first-order chi connectivity index (χ1) is 9.22. The van der Waals surface area contributed by atoms with Crippen LogP contribution in [0.5, 0.6) is 0 Å². The summed E-state index contributed by atoms with van der Waals surface area (Å²) in [6.45, 7) is 7.99. The third kappa shape index (κ3) is 3.48. The first kappa shape index (κ1) is 13.4. The Balaban J connectivity index is 1.73. The van der Waals surface area contributed by atoms with Crippen LogP contribution in [0.15, 0.2) is 0 Å². The molecule has 1 aromatic heterocycles. The SMILES string of the molecule is CC(C)Cc1nc(N2CCCC2)sc1CNC1CC1. The monoisotopic (exact) mass is 279 g/mol. The molecule has 0 bridgehead atoms. The Morgan fingerprint density at radius 3 is 2.68 bits per heavy atom. The molecule has 0 radical (unpaired) electrons. The molecule has 0 spiro atoms. The molecule has 0 aromatic carbocycles. The van der Waals surface area contributed by atoms with Crippen LogP contribution in [0.3, 0.4) is 0 Å². The summed E-state index contributed by atoms with van der Waals surface area (Å²) in [5.41, 5.74) is 1.34. The third-order valence-corrected chi connectivity index (χ3v) is 5.03. The molecule has 1 aliphatic carbocycles. The molecule has 19 heavy (non-hydrogen) atoms. The smallest absolute Gasteiger partial charge is 0.185 e. The number of aromatic nitrogens is 1. The first-order valence-electron chi connectivity index (χ1n) is 7.69. The highest BCUT2D eigenvalue weighted by Crippen LogP contribution is 2.31. The summed E-state index contributed by atoms with van der Waals surface area (Å²) < 4.78 is 0. The Morgan fingerprint density at radius 2 is 2.05 bits per heavy atom. The van der Waals surface area contributed by atoms with Crippen molar-refractivity contribution < 1.29 is 0 Å². The van der Waals surface area contributed by atoms with Gasteiger partial charge in [0, 0.05) is 30.6 Å². The van der Waals surface area contributed by atoms with Crippen molar-refractivity contribution in [1.29, 1.82) is 0 Å². The molecule has 2 heterocycles. The van der Waals surface area contributed by atoms with Crippen molar-refractivity contribution in [3.05, 3.63) is 10.6 Å². The van der Waals surface area contributed by atoms with Crippen LogP contribution in [0.4, 0.5) is 5.13 Å². The van der Waals surface area contributed by atoms with Crippen LogP contribution in [-0.2, 0) is 13.0 Å². The van der Waals surface area contributed by atoms with Crippen molar-refractivity contribution in [1.82, 2.24) is 10.3 Å². The molecule has 1 aliphatic heterocycles. The van der Waals surface area contributed by atoms with E-state index in [2.05, 4.69) is 24.1 Å². The summed E-state index contributed by atoms with van der Waals surface area (Å²) in [6.07, 6.45) is 6.49. The van der Waals surface area contributed by atoms with Gasteiger partial charge in [0.15, 0.2) is 5.13 Å². The van der Waals surface area contributed by atoms with Crippen LogP contribution in [0, 0.1) is 5.92 Å². The molecule has 3 rings (SSSR count). The molecular weight excluding hydrogens is 254 g/mol.